The van der Waals surface area contributed by atoms with E-state index in [1.807, 2.05) is 6.07 Å². The topological polar surface area (TPSA) is 47.3 Å². The minimum absolute atomic E-state index is 0.0576. The lowest BCUT2D eigenvalue weighted by Gasteiger charge is -2.11. The Labute approximate surface area is 149 Å². The molecule has 0 aliphatic rings. The number of nitrogens with zero attached hydrogens (tertiary/aromatic N) is 2. The van der Waals surface area contributed by atoms with E-state index in [0.29, 0.717) is 12.5 Å². The van der Waals surface area contributed by atoms with Gasteiger partial charge in [0.05, 0.1) is 19.2 Å². The Balaban J connectivity index is 2.25. The van der Waals surface area contributed by atoms with Crippen LogP contribution in [0.3, 0.4) is 0 Å². The third kappa shape index (κ3) is 3.14. The first-order valence-corrected chi connectivity index (χ1v) is 8.88. The Morgan fingerprint density at radius 2 is 1.84 bits per heavy atom. The molecule has 25 heavy (non-hydrogen) atoms. The van der Waals surface area contributed by atoms with Crippen molar-refractivity contribution in [1.29, 1.82) is 0 Å². The number of benzene rings is 2. The highest BCUT2D eigenvalue weighted by Crippen LogP contribution is 2.33. The zero-order valence-electron chi connectivity index (χ0n) is 15.4. The lowest BCUT2D eigenvalue weighted by Crippen LogP contribution is -2.05. The Kier molecular flexibility index (Phi) is 5.09. The van der Waals surface area contributed by atoms with Crippen LogP contribution >= 0.6 is 0 Å². The van der Waals surface area contributed by atoms with Gasteiger partial charge in [-0.15, -0.1) is 0 Å². The second kappa shape index (κ2) is 7.28. The average molecular weight is 338 g/mol. The summed E-state index contributed by atoms with van der Waals surface area (Å²) in [5, 5.41) is 9.59. The van der Waals surface area contributed by atoms with Crippen LogP contribution in [0.1, 0.15) is 37.8 Å². The molecule has 0 aliphatic carbocycles. The summed E-state index contributed by atoms with van der Waals surface area (Å²) < 4.78 is 7.64. The number of fused-ring (bicyclic) bond motifs is 1. The third-order valence-electron chi connectivity index (χ3n) is 4.70. The van der Waals surface area contributed by atoms with Crippen LogP contribution in [0.25, 0.3) is 22.4 Å². The molecular formula is C21H26N2O2. The maximum absolute atomic E-state index is 9.59. The first-order chi connectivity index (χ1) is 12.1. The number of hydrogen-bond acceptors (Lipinski definition) is 3. The quantitative estimate of drug-likeness (QED) is 0.725. The van der Waals surface area contributed by atoms with Gasteiger partial charge >= 0.3 is 0 Å². The number of rotatable bonds is 6. The van der Waals surface area contributed by atoms with Crippen LogP contribution in [0.15, 0.2) is 36.4 Å². The maximum atomic E-state index is 9.59. The fourth-order valence-corrected chi connectivity index (χ4v) is 3.27. The van der Waals surface area contributed by atoms with Gasteiger partial charge in [-0.1, -0.05) is 51.1 Å². The Morgan fingerprint density at radius 1 is 1.12 bits per heavy atom. The van der Waals surface area contributed by atoms with Crippen molar-refractivity contribution in [3.63, 3.8) is 0 Å². The van der Waals surface area contributed by atoms with Crippen LogP contribution < -0.4 is 4.74 Å². The van der Waals surface area contributed by atoms with Crippen molar-refractivity contribution < 1.29 is 9.84 Å². The highest BCUT2D eigenvalue weighted by atomic mass is 16.5. The van der Waals surface area contributed by atoms with Gasteiger partial charge in [0.1, 0.15) is 17.1 Å². The largest absolute Gasteiger partial charge is 0.494 e. The number of aryl methyl sites for hydroxylation is 1. The maximum Gasteiger partial charge on any atom is 0.144 e. The van der Waals surface area contributed by atoms with Crippen LogP contribution in [0.5, 0.6) is 5.75 Å². The van der Waals surface area contributed by atoms with Gasteiger partial charge in [0.2, 0.25) is 0 Å². The molecule has 0 unspecified atom stereocenters. The third-order valence-corrected chi connectivity index (χ3v) is 4.70. The summed E-state index contributed by atoms with van der Waals surface area (Å²) in [5.41, 5.74) is 5.46. The van der Waals surface area contributed by atoms with E-state index in [4.69, 9.17) is 9.72 Å². The number of aromatic nitrogens is 2. The first kappa shape index (κ1) is 17.5. The summed E-state index contributed by atoms with van der Waals surface area (Å²) in [4.78, 5) is 4.93. The van der Waals surface area contributed by atoms with Crippen LogP contribution in [0, 0.1) is 0 Å². The van der Waals surface area contributed by atoms with E-state index in [2.05, 4.69) is 55.7 Å². The molecule has 3 aromatic rings. The molecule has 1 aromatic heterocycles. The van der Waals surface area contributed by atoms with E-state index in [-0.39, 0.29) is 6.61 Å². The SMILES string of the molecule is CCc1ccc(OC)c2c1nc(-c1ccc(C(C)C)cc1)n2CCO. The minimum Gasteiger partial charge on any atom is -0.494 e. The lowest BCUT2D eigenvalue weighted by molar-refractivity contribution is 0.278. The van der Waals surface area contributed by atoms with Crippen molar-refractivity contribution in [2.24, 2.45) is 0 Å². The molecule has 3 rings (SSSR count). The van der Waals surface area contributed by atoms with Crippen LogP contribution in [-0.2, 0) is 13.0 Å². The molecule has 1 N–H and O–H groups in total. The summed E-state index contributed by atoms with van der Waals surface area (Å²) >= 11 is 0. The fraction of sp³-hybridized carbons (Fsp3) is 0.381. The number of aliphatic hydroxyl groups excluding tert-OH is 1. The highest BCUT2D eigenvalue weighted by Gasteiger charge is 2.18. The van der Waals surface area contributed by atoms with Crippen molar-refractivity contribution in [3.8, 4) is 17.1 Å². The molecular weight excluding hydrogens is 312 g/mol. The minimum atomic E-state index is 0.0576. The zero-order chi connectivity index (χ0) is 18.0. The molecule has 0 spiro atoms. The van der Waals surface area contributed by atoms with E-state index in [9.17, 15) is 5.11 Å². The van der Waals surface area contributed by atoms with E-state index in [1.165, 1.54) is 11.1 Å². The molecule has 132 valence electrons. The monoisotopic (exact) mass is 338 g/mol. The molecule has 4 nitrogen and oxygen atoms in total. The molecule has 2 aromatic carbocycles. The summed E-state index contributed by atoms with van der Waals surface area (Å²) in [6.45, 7) is 7.05. The molecule has 0 amide bonds. The molecule has 0 fully saturated rings. The zero-order valence-corrected chi connectivity index (χ0v) is 15.4. The smallest absolute Gasteiger partial charge is 0.144 e. The van der Waals surface area contributed by atoms with Crippen molar-refractivity contribution in [1.82, 2.24) is 9.55 Å². The first-order valence-electron chi connectivity index (χ1n) is 8.88. The van der Waals surface area contributed by atoms with E-state index in [1.54, 1.807) is 7.11 Å². The second-order valence-electron chi connectivity index (χ2n) is 6.57. The number of hydrogen-bond donors (Lipinski definition) is 1. The molecule has 0 aliphatic heterocycles. The number of methoxy groups -OCH3 is 1. The Hall–Kier alpha value is -2.33. The highest BCUT2D eigenvalue weighted by molar-refractivity contribution is 5.88. The van der Waals surface area contributed by atoms with Gasteiger partial charge in [-0.3, -0.25) is 0 Å². The second-order valence-corrected chi connectivity index (χ2v) is 6.57. The molecule has 4 heteroatoms. The van der Waals surface area contributed by atoms with Crippen molar-refractivity contribution in [3.05, 3.63) is 47.5 Å². The van der Waals surface area contributed by atoms with Crippen LogP contribution in [-0.4, -0.2) is 28.4 Å². The van der Waals surface area contributed by atoms with Gasteiger partial charge in [-0.05, 0) is 29.5 Å². The normalized spacial score (nSPS) is 11.4. The standard InChI is InChI=1S/C21H26N2O2/c1-5-15-10-11-18(25-4)20-19(15)22-21(23(20)12-13-24)17-8-6-16(7-9-17)14(2)3/h6-11,14,24H,5,12-13H2,1-4H3. The number of ether oxygens (including phenoxy) is 1. The molecule has 0 bridgehead atoms. The van der Waals surface area contributed by atoms with Gasteiger partial charge in [-0.2, -0.15) is 0 Å². The summed E-state index contributed by atoms with van der Waals surface area (Å²) in [7, 11) is 1.67. The summed E-state index contributed by atoms with van der Waals surface area (Å²) in [6, 6.07) is 12.6. The van der Waals surface area contributed by atoms with Crippen molar-refractivity contribution in [2.75, 3.05) is 13.7 Å². The number of imidazole rings is 1. The van der Waals surface area contributed by atoms with Crippen LogP contribution in [0.4, 0.5) is 0 Å². The van der Waals surface area contributed by atoms with Gasteiger partial charge < -0.3 is 14.4 Å². The molecule has 0 saturated carbocycles. The van der Waals surface area contributed by atoms with Crippen molar-refractivity contribution in [2.45, 2.75) is 39.7 Å². The summed E-state index contributed by atoms with van der Waals surface area (Å²) in [5.74, 6) is 2.16. The van der Waals surface area contributed by atoms with Crippen LogP contribution in [0.2, 0.25) is 0 Å². The lowest BCUT2D eigenvalue weighted by atomic mass is 10.0. The predicted octanol–water partition coefficient (Wildman–Crippen LogP) is 4.39. The Bertz CT molecular complexity index is 864. The molecule has 0 atom stereocenters. The fourth-order valence-electron chi connectivity index (χ4n) is 3.27. The van der Waals surface area contributed by atoms with Crippen molar-refractivity contribution >= 4 is 11.0 Å². The van der Waals surface area contributed by atoms with Gasteiger partial charge in [0.25, 0.3) is 0 Å². The van der Waals surface area contributed by atoms with E-state index >= 15 is 0 Å². The predicted molar refractivity (Wildman–Crippen MR) is 102 cm³/mol. The molecule has 0 radical (unpaired) electrons. The van der Waals surface area contributed by atoms with Gasteiger partial charge in [-0.25, -0.2) is 4.98 Å². The number of aliphatic hydroxyl groups is 1. The van der Waals surface area contributed by atoms with Gasteiger partial charge in [0, 0.05) is 12.1 Å². The van der Waals surface area contributed by atoms with Gasteiger partial charge in [0.15, 0.2) is 0 Å². The average Bonchev–Trinajstić information content (AvgIpc) is 3.01. The molecule has 0 saturated heterocycles. The van der Waals surface area contributed by atoms with E-state index < -0.39 is 0 Å². The summed E-state index contributed by atoms with van der Waals surface area (Å²) in [6.07, 6.45) is 0.905. The van der Waals surface area contributed by atoms with E-state index in [0.717, 1.165) is 34.6 Å². The Morgan fingerprint density at radius 3 is 2.40 bits per heavy atom. The molecule has 1 heterocycles.